The van der Waals surface area contributed by atoms with Crippen molar-refractivity contribution in [2.45, 2.75) is 31.8 Å². The van der Waals surface area contributed by atoms with Gasteiger partial charge in [0.15, 0.2) is 0 Å². The van der Waals surface area contributed by atoms with Gasteiger partial charge in [0.25, 0.3) is 5.91 Å². The molecule has 8 heteroatoms. The number of piperidine rings is 1. The second-order valence-electron chi connectivity index (χ2n) is 9.22. The number of amides is 2. The molecule has 3 aliphatic rings. The molecule has 8 nitrogen and oxygen atoms in total. The fourth-order valence-corrected chi connectivity index (χ4v) is 4.99. The molecule has 3 fully saturated rings. The van der Waals surface area contributed by atoms with Crippen molar-refractivity contribution in [3.8, 4) is 5.75 Å². The molecular weight excluding hydrogens is 420 g/mol. The lowest BCUT2D eigenvalue weighted by molar-refractivity contribution is -0.134. The number of methoxy groups -OCH3 is 2. The zero-order valence-electron chi connectivity index (χ0n) is 19.5. The molecule has 176 valence electrons. The Morgan fingerprint density at radius 3 is 2.27 bits per heavy atom. The van der Waals surface area contributed by atoms with Gasteiger partial charge in [-0.2, -0.15) is 0 Å². The Morgan fingerprint density at radius 1 is 0.939 bits per heavy atom. The van der Waals surface area contributed by atoms with Gasteiger partial charge in [-0.1, -0.05) is 0 Å². The van der Waals surface area contributed by atoms with E-state index in [0.717, 1.165) is 61.1 Å². The SMILES string of the molecule is COc1ccc2ncc(C(=O)N3CCN(C(=O)C4CC4)CC3)c(N3CCC(OC)CC3)c2c1. The maximum Gasteiger partial charge on any atom is 0.257 e. The minimum atomic E-state index is -0.0189. The molecule has 2 saturated heterocycles. The van der Waals surface area contributed by atoms with E-state index in [4.69, 9.17) is 9.47 Å². The molecule has 0 radical (unpaired) electrons. The smallest absolute Gasteiger partial charge is 0.257 e. The third-order valence-electron chi connectivity index (χ3n) is 7.17. The van der Waals surface area contributed by atoms with Crippen LogP contribution >= 0.6 is 0 Å². The van der Waals surface area contributed by atoms with Crippen LogP contribution in [-0.2, 0) is 9.53 Å². The highest BCUT2D eigenvalue weighted by Crippen LogP contribution is 2.35. The number of carbonyl (C=O) groups is 2. The minimum Gasteiger partial charge on any atom is -0.497 e. The lowest BCUT2D eigenvalue weighted by atomic mass is 10.0. The molecule has 0 bridgehead atoms. The fourth-order valence-electron chi connectivity index (χ4n) is 4.99. The van der Waals surface area contributed by atoms with E-state index in [0.29, 0.717) is 31.7 Å². The van der Waals surface area contributed by atoms with Gasteiger partial charge in [0.1, 0.15) is 5.75 Å². The van der Waals surface area contributed by atoms with Crippen molar-refractivity contribution in [2.24, 2.45) is 5.92 Å². The number of aromatic nitrogens is 1. The van der Waals surface area contributed by atoms with Crippen LogP contribution in [0.3, 0.4) is 0 Å². The van der Waals surface area contributed by atoms with Crippen LogP contribution in [0.4, 0.5) is 5.69 Å². The number of anilines is 1. The van der Waals surface area contributed by atoms with Crippen molar-refractivity contribution in [1.82, 2.24) is 14.8 Å². The van der Waals surface area contributed by atoms with Gasteiger partial charge in [0.2, 0.25) is 5.91 Å². The van der Waals surface area contributed by atoms with Crippen LogP contribution in [0, 0.1) is 5.92 Å². The molecule has 1 saturated carbocycles. The van der Waals surface area contributed by atoms with Gasteiger partial charge >= 0.3 is 0 Å². The molecule has 5 rings (SSSR count). The third kappa shape index (κ3) is 4.36. The summed E-state index contributed by atoms with van der Waals surface area (Å²) in [7, 11) is 3.41. The first-order chi connectivity index (χ1) is 16.1. The number of benzene rings is 1. The Morgan fingerprint density at radius 2 is 1.64 bits per heavy atom. The van der Waals surface area contributed by atoms with E-state index in [9.17, 15) is 9.59 Å². The Hall–Kier alpha value is -2.87. The van der Waals surface area contributed by atoms with Crippen molar-refractivity contribution < 1.29 is 19.1 Å². The molecule has 0 spiro atoms. The van der Waals surface area contributed by atoms with Crippen LogP contribution in [0.1, 0.15) is 36.0 Å². The van der Waals surface area contributed by atoms with Crippen molar-refractivity contribution in [2.75, 3.05) is 58.4 Å². The van der Waals surface area contributed by atoms with Crippen LogP contribution in [0.25, 0.3) is 10.9 Å². The van der Waals surface area contributed by atoms with E-state index in [2.05, 4.69) is 9.88 Å². The lowest BCUT2D eigenvalue weighted by Gasteiger charge is -2.37. The van der Waals surface area contributed by atoms with Crippen LogP contribution in [0.2, 0.25) is 0 Å². The molecule has 2 aromatic rings. The number of rotatable bonds is 5. The van der Waals surface area contributed by atoms with E-state index in [-0.39, 0.29) is 23.8 Å². The lowest BCUT2D eigenvalue weighted by Crippen LogP contribution is -2.51. The van der Waals surface area contributed by atoms with E-state index >= 15 is 0 Å². The van der Waals surface area contributed by atoms with Crippen LogP contribution < -0.4 is 9.64 Å². The Kier molecular flexibility index (Phi) is 6.10. The summed E-state index contributed by atoms with van der Waals surface area (Å²) < 4.78 is 11.0. The number of nitrogens with zero attached hydrogens (tertiary/aromatic N) is 4. The monoisotopic (exact) mass is 452 g/mol. The number of fused-ring (bicyclic) bond motifs is 1. The largest absolute Gasteiger partial charge is 0.497 e. The zero-order valence-corrected chi connectivity index (χ0v) is 19.5. The van der Waals surface area contributed by atoms with Crippen molar-refractivity contribution >= 4 is 28.4 Å². The summed E-state index contributed by atoms with van der Waals surface area (Å²) in [6, 6.07) is 5.81. The van der Waals surface area contributed by atoms with Gasteiger partial charge in [0, 0.05) is 63.9 Å². The van der Waals surface area contributed by atoms with Crippen molar-refractivity contribution in [3.05, 3.63) is 30.0 Å². The summed E-state index contributed by atoms with van der Waals surface area (Å²) in [6.07, 6.45) is 5.82. The van der Waals surface area contributed by atoms with E-state index in [1.807, 2.05) is 28.0 Å². The molecule has 0 unspecified atom stereocenters. The van der Waals surface area contributed by atoms with E-state index in [1.165, 1.54) is 0 Å². The Bertz CT molecular complexity index is 1040. The minimum absolute atomic E-state index is 0.0189. The quantitative estimate of drug-likeness (QED) is 0.694. The summed E-state index contributed by atoms with van der Waals surface area (Å²) in [4.78, 5) is 36.8. The van der Waals surface area contributed by atoms with Gasteiger partial charge in [0.05, 0.1) is 30.0 Å². The average Bonchev–Trinajstić information content (AvgIpc) is 3.72. The third-order valence-corrected chi connectivity index (χ3v) is 7.17. The van der Waals surface area contributed by atoms with E-state index in [1.54, 1.807) is 20.4 Å². The maximum atomic E-state index is 13.7. The van der Waals surface area contributed by atoms with Crippen molar-refractivity contribution in [3.63, 3.8) is 0 Å². The fraction of sp³-hybridized carbons (Fsp3) is 0.560. The van der Waals surface area contributed by atoms with Crippen molar-refractivity contribution in [1.29, 1.82) is 0 Å². The summed E-state index contributed by atoms with van der Waals surface area (Å²) in [5.41, 5.74) is 2.39. The van der Waals surface area contributed by atoms with Crippen LogP contribution in [0.15, 0.2) is 24.4 Å². The molecule has 2 aliphatic heterocycles. The Balaban J connectivity index is 1.44. The first-order valence-electron chi connectivity index (χ1n) is 11.9. The van der Waals surface area contributed by atoms with Gasteiger partial charge in [-0.3, -0.25) is 14.6 Å². The molecule has 1 aliphatic carbocycles. The number of pyridine rings is 1. The first kappa shape index (κ1) is 21.9. The standard InChI is InChI=1S/C25H32N4O4/c1-32-18-7-9-27(10-8-18)23-20-15-19(33-2)5-6-22(20)26-16-21(23)25(31)29-13-11-28(12-14-29)24(30)17-3-4-17/h5-6,15-18H,3-4,7-14H2,1-2H3. The number of hydrogen-bond acceptors (Lipinski definition) is 6. The Labute approximate surface area is 194 Å². The molecule has 3 heterocycles. The second kappa shape index (κ2) is 9.17. The van der Waals surface area contributed by atoms with Gasteiger partial charge in [-0.15, -0.1) is 0 Å². The summed E-state index contributed by atoms with van der Waals surface area (Å²) in [6.45, 7) is 3.95. The number of ether oxygens (including phenoxy) is 2. The van der Waals surface area contributed by atoms with Gasteiger partial charge in [-0.25, -0.2) is 0 Å². The number of hydrogen-bond donors (Lipinski definition) is 0. The molecule has 1 aromatic carbocycles. The molecular formula is C25H32N4O4. The molecule has 1 aromatic heterocycles. The highest BCUT2D eigenvalue weighted by Gasteiger charge is 2.36. The average molecular weight is 453 g/mol. The predicted molar refractivity (Wildman–Crippen MR) is 126 cm³/mol. The highest BCUT2D eigenvalue weighted by atomic mass is 16.5. The molecule has 33 heavy (non-hydrogen) atoms. The normalized spacial score (nSPS) is 19.8. The molecule has 0 atom stereocenters. The second-order valence-corrected chi connectivity index (χ2v) is 9.22. The maximum absolute atomic E-state index is 13.7. The molecule has 2 amide bonds. The topological polar surface area (TPSA) is 75.2 Å². The van der Waals surface area contributed by atoms with Gasteiger partial charge in [-0.05, 0) is 43.9 Å². The van der Waals surface area contributed by atoms with Crippen LogP contribution in [-0.4, -0.2) is 86.2 Å². The number of piperazine rings is 1. The first-order valence-corrected chi connectivity index (χ1v) is 11.9. The summed E-state index contributed by atoms with van der Waals surface area (Å²) >= 11 is 0. The van der Waals surface area contributed by atoms with Crippen LogP contribution in [0.5, 0.6) is 5.75 Å². The predicted octanol–water partition coefficient (Wildman–Crippen LogP) is 2.55. The van der Waals surface area contributed by atoms with Gasteiger partial charge < -0.3 is 24.2 Å². The zero-order chi connectivity index (χ0) is 22.9. The molecule has 0 N–H and O–H groups in total. The summed E-state index contributed by atoms with van der Waals surface area (Å²) in [5, 5.41) is 0.929. The highest BCUT2D eigenvalue weighted by molar-refractivity contribution is 6.07. The summed E-state index contributed by atoms with van der Waals surface area (Å²) in [5.74, 6) is 1.19. The number of carbonyl (C=O) groups excluding carboxylic acids is 2. The van der Waals surface area contributed by atoms with E-state index < -0.39 is 0 Å².